The molecule has 0 saturated heterocycles. The van der Waals surface area contributed by atoms with E-state index in [0.29, 0.717) is 6.61 Å². The van der Waals surface area contributed by atoms with E-state index < -0.39 is 0 Å². The van der Waals surface area contributed by atoms with Crippen LogP contribution in [0.15, 0.2) is 48.5 Å². The summed E-state index contributed by atoms with van der Waals surface area (Å²) in [5, 5.41) is 9.20. The molecule has 0 bridgehead atoms. The maximum atomic E-state index is 9.20. The van der Waals surface area contributed by atoms with Crippen molar-refractivity contribution >= 4 is 0 Å². The average molecular weight is 257 g/mol. The molecule has 0 aliphatic rings. The molecule has 0 aromatic heterocycles. The summed E-state index contributed by atoms with van der Waals surface area (Å²) < 4.78 is 5.68. The molecular formula is C16H19NO2. The van der Waals surface area contributed by atoms with Crippen LogP contribution < -0.4 is 10.5 Å². The van der Waals surface area contributed by atoms with Crippen LogP contribution in [0.1, 0.15) is 30.5 Å². The monoisotopic (exact) mass is 257 g/mol. The van der Waals surface area contributed by atoms with Gasteiger partial charge in [0.1, 0.15) is 18.1 Å². The summed E-state index contributed by atoms with van der Waals surface area (Å²) in [5.74, 6) is 1.08. The van der Waals surface area contributed by atoms with Crippen LogP contribution in [0.3, 0.4) is 0 Å². The number of rotatable bonds is 5. The summed E-state index contributed by atoms with van der Waals surface area (Å²) in [5.41, 5.74) is 8.10. The molecule has 3 heteroatoms. The van der Waals surface area contributed by atoms with E-state index in [1.165, 1.54) is 0 Å². The summed E-state index contributed by atoms with van der Waals surface area (Å²) in [4.78, 5) is 0. The number of ether oxygens (including phenoxy) is 1. The fraction of sp³-hybridized carbons (Fsp3) is 0.250. The van der Waals surface area contributed by atoms with Gasteiger partial charge in [-0.25, -0.2) is 0 Å². The number of benzene rings is 2. The SMILES string of the molecule is CC[C@H](N)c1ccc(OCc2ccc(O)cc2)cc1. The Bertz CT molecular complexity index is 505. The number of hydrogen-bond donors (Lipinski definition) is 2. The predicted octanol–water partition coefficient (Wildman–Crippen LogP) is 3.38. The first-order valence-electron chi connectivity index (χ1n) is 6.45. The highest BCUT2D eigenvalue weighted by atomic mass is 16.5. The van der Waals surface area contributed by atoms with Crippen molar-refractivity contribution in [2.75, 3.05) is 0 Å². The van der Waals surface area contributed by atoms with Crippen LogP contribution in [0, 0.1) is 0 Å². The average Bonchev–Trinajstić information content (AvgIpc) is 2.46. The molecule has 3 N–H and O–H groups in total. The molecule has 19 heavy (non-hydrogen) atoms. The molecular weight excluding hydrogens is 238 g/mol. The van der Waals surface area contributed by atoms with E-state index >= 15 is 0 Å². The lowest BCUT2D eigenvalue weighted by atomic mass is 10.1. The van der Waals surface area contributed by atoms with Gasteiger partial charge in [-0.1, -0.05) is 31.2 Å². The molecule has 2 aromatic carbocycles. The Labute approximate surface area is 113 Å². The van der Waals surface area contributed by atoms with Gasteiger partial charge in [0.15, 0.2) is 0 Å². The Morgan fingerprint density at radius 3 is 2.26 bits per heavy atom. The van der Waals surface area contributed by atoms with Crippen LogP contribution in [-0.2, 0) is 6.61 Å². The van der Waals surface area contributed by atoms with Crippen molar-refractivity contribution in [2.24, 2.45) is 5.73 Å². The van der Waals surface area contributed by atoms with Gasteiger partial charge >= 0.3 is 0 Å². The van der Waals surface area contributed by atoms with Gasteiger partial charge < -0.3 is 15.6 Å². The third-order valence-electron chi connectivity index (χ3n) is 3.09. The maximum Gasteiger partial charge on any atom is 0.119 e. The van der Waals surface area contributed by atoms with Gasteiger partial charge in [-0.15, -0.1) is 0 Å². The van der Waals surface area contributed by atoms with Gasteiger partial charge in [-0.3, -0.25) is 0 Å². The van der Waals surface area contributed by atoms with Crippen LogP contribution in [0.5, 0.6) is 11.5 Å². The Morgan fingerprint density at radius 2 is 1.68 bits per heavy atom. The molecule has 0 spiro atoms. The normalized spacial score (nSPS) is 12.1. The first-order chi connectivity index (χ1) is 9.19. The number of phenolic OH excluding ortho intramolecular Hbond substituents is 1. The molecule has 100 valence electrons. The van der Waals surface area contributed by atoms with E-state index in [0.717, 1.165) is 23.3 Å². The van der Waals surface area contributed by atoms with E-state index in [9.17, 15) is 5.11 Å². The Hall–Kier alpha value is -2.00. The van der Waals surface area contributed by atoms with E-state index in [1.807, 2.05) is 36.4 Å². The van der Waals surface area contributed by atoms with Crippen molar-refractivity contribution < 1.29 is 9.84 Å². The highest BCUT2D eigenvalue weighted by Crippen LogP contribution is 2.19. The second-order valence-electron chi connectivity index (χ2n) is 4.54. The van der Waals surface area contributed by atoms with Crippen LogP contribution in [0.25, 0.3) is 0 Å². The van der Waals surface area contributed by atoms with Crippen molar-refractivity contribution in [3.05, 3.63) is 59.7 Å². The van der Waals surface area contributed by atoms with E-state index in [2.05, 4.69) is 6.92 Å². The highest BCUT2D eigenvalue weighted by Gasteiger charge is 2.03. The molecule has 2 rings (SSSR count). The van der Waals surface area contributed by atoms with E-state index in [1.54, 1.807) is 12.1 Å². The van der Waals surface area contributed by atoms with E-state index in [-0.39, 0.29) is 11.8 Å². The molecule has 3 nitrogen and oxygen atoms in total. The van der Waals surface area contributed by atoms with Crippen LogP contribution in [0.2, 0.25) is 0 Å². The first kappa shape index (κ1) is 13.4. The van der Waals surface area contributed by atoms with Gasteiger partial charge in [-0.05, 0) is 41.8 Å². The number of aromatic hydroxyl groups is 1. The lowest BCUT2D eigenvalue weighted by Gasteiger charge is -2.11. The van der Waals surface area contributed by atoms with Crippen molar-refractivity contribution in [1.82, 2.24) is 0 Å². The van der Waals surface area contributed by atoms with Gasteiger partial charge in [0.05, 0.1) is 0 Å². The van der Waals surface area contributed by atoms with Gasteiger partial charge in [0.2, 0.25) is 0 Å². The Kier molecular flexibility index (Phi) is 4.42. The third kappa shape index (κ3) is 3.73. The number of phenols is 1. The first-order valence-corrected chi connectivity index (χ1v) is 6.45. The molecule has 2 aromatic rings. The fourth-order valence-corrected chi connectivity index (χ4v) is 1.81. The number of nitrogens with two attached hydrogens (primary N) is 1. The van der Waals surface area contributed by atoms with Crippen molar-refractivity contribution in [3.63, 3.8) is 0 Å². The van der Waals surface area contributed by atoms with E-state index in [4.69, 9.17) is 10.5 Å². The second-order valence-corrected chi connectivity index (χ2v) is 4.54. The van der Waals surface area contributed by atoms with Crippen LogP contribution in [-0.4, -0.2) is 5.11 Å². The zero-order valence-electron chi connectivity index (χ0n) is 11.0. The smallest absolute Gasteiger partial charge is 0.119 e. The standard InChI is InChI=1S/C16H19NO2/c1-2-16(17)13-5-9-15(10-6-13)19-11-12-3-7-14(18)8-4-12/h3-10,16,18H,2,11,17H2,1H3/t16-/m0/s1. The molecule has 1 atom stereocenters. The lowest BCUT2D eigenvalue weighted by Crippen LogP contribution is -2.08. The summed E-state index contributed by atoms with van der Waals surface area (Å²) >= 11 is 0. The van der Waals surface area contributed by atoms with Gasteiger partial charge in [-0.2, -0.15) is 0 Å². The van der Waals surface area contributed by atoms with Crippen molar-refractivity contribution in [1.29, 1.82) is 0 Å². The molecule has 0 fully saturated rings. The van der Waals surface area contributed by atoms with Crippen LogP contribution in [0.4, 0.5) is 0 Å². The summed E-state index contributed by atoms with van der Waals surface area (Å²) in [7, 11) is 0. The zero-order chi connectivity index (χ0) is 13.7. The third-order valence-corrected chi connectivity index (χ3v) is 3.09. The molecule has 0 heterocycles. The Morgan fingerprint density at radius 1 is 1.05 bits per heavy atom. The minimum atomic E-state index is 0.0890. The summed E-state index contributed by atoms with van der Waals surface area (Å²) in [6, 6.07) is 15.0. The molecule has 0 radical (unpaired) electrons. The van der Waals surface area contributed by atoms with Crippen molar-refractivity contribution in [2.45, 2.75) is 26.0 Å². The maximum absolute atomic E-state index is 9.20. The highest BCUT2D eigenvalue weighted by molar-refractivity contribution is 5.30. The van der Waals surface area contributed by atoms with Gasteiger partial charge in [0, 0.05) is 6.04 Å². The Balaban J connectivity index is 1.94. The summed E-state index contributed by atoms with van der Waals surface area (Å²) in [6.45, 7) is 2.55. The molecule has 0 unspecified atom stereocenters. The molecule has 0 saturated carbocycles. The minimum absolute atomic E-state index is 0.0890. The zero-order valence-corrected chi connectivity index (χ0v) is 11.0. The molecule has 0 aliphatic heterocycles. The fourth-order valence-electron chi connectivity index (χ4n) is 1.81. The van der Waals surface area contributed by atoms with Gasteiger partial charge in [0.25, 0.3) is 0 Å². The molecule has 0 aliphatic carbocycles. The minimum Gasteiger partial charge on any atom is -0.508 e. The lowest BCUT2D eigenvalue weighted by molar-refractivity contribution is 0.306. The van der Waals surface area contributed by atoms with Crippen molar-refractivity contribution in [3.8, 4) is 11.5 Å². The quantitative estimate of drug-likeness (QED) is 0.863. The van der Waals surface area contributed by atoms with Crippen LogP contribution >= 0.6 is 0 Å². The second kappa shape index (κ2) is 6.25. The topological polar surface area (TPSA) is 55.5 Å². The summed E-state index contributed by atoms with van der Waals surface area (Å²) in [6.07, 6.45) is 0.924. The predicted molar refractivity (Wildman–Crippen MR) is 76.1 cm³/mol. The molecule has 0 amide bonds. The number of hydrogen-bond acceptors (Lipinski definition) is 3. The largest absolute Gasteiger partial charge is 0.508 e.